The summed E-state index contributed by atoms with van der Waals surface area (Å²) >= 11 is 0. The largest absolute Gasteiger partial charge is 0.397 e. The molecule has 2 amide bonds. The number of nitrogens with one attached hydrogen (secondary N) is 4. The van der Waals surface area contributed by atoms with E-state index in [9.17, 15) is 36.5 Å². The van der Waals surface area contributed by atoms with Gasteiger partial charge in [0.2, 0.25) is 31.9 Å². The van der Waals surface area contributed by atoms with Crippen LogP contribution in [0.4, 0.5) is 22.7 Å². The second-order valence-electron chi connectivity index (χ2n) is 15.4. The number of nitro benzene ring substituents is 1. The predicted octanol–water partition coefficient (Wildman–Crippen LogP) is 6.73. The van der Waals surface area contributed by atoms with Gasteiger partial charge in [-0.3, -0.25) is 19.7 Å². The van der Waals surface area contributed by atoms with Gasteiger partial charge in [-0.1, -0.05) is 75.5 Å². The fourth-order valence-electron chi connectivity index (χ4n) is 7.40. The molecule has 2 atom stereocenters. The van der Waals surface area contributed by atoms with Gasteiger partial charge in [-0.2, -0.15) is 0 Å². The minimum Gasteiger partial charge on any atom is -0.397 e. The molecule has 0 saturated heterocycles. The maximum Gasteiger partial charge on any atom is 0.293 e. The van der Waals surface area contributed by atoms with Crippen LogP contribution in [-0.2, 0) is 29.6 Å². The quantitative estimate of drug-likeness (QED) is 0.0420. The zero-order chi connectivity index (χ0) is 43.6. The molecule has 4 aromatic carbocycles. The Hall–Kier alpha value is -5.56. The van der Waals surface area contributed by atoms with Gasteiger partial charge >= 0.3 is 0 Å². The van der Waals surface area contributed by atoms with Crippen LogP contribution in [0, 0.1) is 22.0 Å². The van der Waals surface area contributed by atoms with E-state index < -0.39 is 30.7 Å². The second-order valence-corrected chi connectivity index (χ2v) is 18.8. The van der Waals surface area contributed by atoms with Crippen LogP contribution in [0.25, 0.3) is 0 Å². The molecule has 62 heavy (non-hydrogen) atoms. The lowest BCUT2D eigenvalue weighted by Gasteiger charge is -2.29. The number of sulfonamides is 2. The zero-order valence-corrected chi connectivity index (χ0v) is 35.3. The molecule has 18 heteroatoms. The second kappa shape index (κ2) is 22.5. The Labute approximate surface area is 366 Å². The van der Waals surface area contributed by atoms with Crippen molar-refractivity contribution < 1.29 is 31.3 Å². The van der Waals surface area contributed by atoms with Crippen molar-refractivity contribution in [2.75, 3.05) is 17.2 Å². The molecule has 0 aromatic heterocycles. The third kappa shape index (κ3) is 13.7. The van der Waals surface area contributed by atoms with E-state index in [1.807, 2.05) is 74.5 Å². The number of nitro groups is 1. The normalized spacial score (nSPS) is 19.7. The van der Waals surface area contributed by atoms with Crippen molar-refractivity contribution in [1.82, 2.24) is 20.1 Å². The van der Waals surface area contributed by atoms with Crippen LogP contribution in [0.5, 0.6) is 0 Å². The molecule has 2 aliphatic rings. The maximum atomic E-state index is 12.7. The van der Waals surface area contributed by atoms with Crippen molar-refractivity contribution in [2.45, 2.75) is 114 Å². The van der Waals surface area contributed by atoms with Gasteiger partial charge < -0.3 is 27.8 Å². The standard InChI is InChI=1S/C21H26N4O5S.C21H28N4O3S.2CH4/c1-14(15-5-3-2-4-6-15)23-21(26)16-7-9-17(10-8-16)24-31(29,30)18-11-12-19(22)20(13-18)25(27)28;1-14(15-5-3-2-4-6-15)24-21(26)16-7-9-17(10-8-16)25-29(27,28)18-11-12-19(22)20(23)13-18;;/h2-6,11-14,16-17,24H,7-10,22H2,1H3,(H,23,26);2-6,11-14,16-17,25H,7-10,22-23H2,1H3,(H,24,26);2*1H4/t2*14-,16?,17?;;/m11../s1. The van der Waals surface area contributed by atoms with Crippen LogP contribution in [0.1, 0.15) is 103 Å². The molecular weight excluding hydrogens is 833 g/mol. The van der Waals surface area contributed by atoms with Gasteiger partial charge in [0.1, 0.15) is 5.69 Å². The summed E-state index contributed by atoms with van der Waals surface area (Å²) in [5, 5.41) is 17.1. The number of amides is 2. The number of hydrogen-bond acceptors (Lipinski definition) is 11. The van der Waals surface area contributed by atoms with E-state index in [2.05, 4.69) is 20.1 Å². The summed E-state index contributed by atoms with van der Waals surface area (Å²) in [6.45, 7) is 3.89. The minimum atomic E-state index is -3.94. The maximum absolute atomic E-state index is 12.7. The molecule has 2 saturated carbocycles. The first-order valence-corrected chi connectivity index (χ1v) is 22.8. The van der Waals surface area contributed by atoms with Gasteiger partial charge in [0.25, 0.3) is 5.69 Å². The number of carbonyl (C=O) groups is 2. The lowest BCUT2D eigenvalue weighted by atomic mass is 9.85. The average Bonchev–Trinajstić information content (AvgIpc) is 3.22. The molecule has 10 N–H and O–H groups in total. The van der Waals surface area contributed by atoms with E-state index in [1.54, 1.807) is 0 Å². The van der Waals surface area contributed by atoms with Crippen molar-refractivity contribution in [3.05, 3.63) is 118 Å². The Kier molecular flexibility index (Phi) is 18.4. The molecule has 0 spiro atoms. The zero-order valence-electron chi connectivity index (χ0n) is 33.6. The lowest BCUT2D eigenvalue weighted by Crippen LogP contribution is -2.41. The fraction of sp³-hybridized carbons (Fsp3) is 0.409. The lowest BCUT2D eigenvalue weighted by molar-refractivity contribution is -0.384. The first kappa shape index (κ1) is 50.8. The van der Waals surface area contributed by atoms with Crippen molar-refractivity contribution in [1.29, 1.82) is 0 Å². The summed E-state index contributed by atoms with van der Waals surface area (Å²) in [5.74, 6) is -0.292. The first-order valence-electron chi connectivity index (χ1n) is 19.9. The van der Waals surface area contributed by atoms with Gasteiger partial charge in [0.05, 0.1) is 38.2 Å². The number of nitrogens with two attached hydrogens (primary N) is 3. The smallest absolute Gasteiger partial charge is 0.293 e. The van der Waals surface area contributed by atoms with Crippen LogP contribution in [0.15, 0.2) is 107 Å². The third-order valence-electron chi connectivity index (χ3n) is 11.0. The summed E-state index contributed by atoms with van der Waals surface area (Å²) in [4.78, 5) is 35.4. The van der Waals surface area contributed by atoms with Gasteiger partial charge in [-0.25, -0.2) is 26.3 Å². The summed E-state index contributed by atoms with van der Waals surface area (Å²) in [7, 11) is -7.61. The molecule has 0 radical (unpaired) electrons. The van der Waals surface area contributed by atoms with Gasteiger partial charge in [0, 0.05) is 30.0 Å². The van der Waals surface area contributed by atoms with Crippen molar-refractivity contribution in [3.8, 4) is 0 Å². The Morgan fingerprint density at radius 1 is 0.581 bits per heavy atom. The number of benzene rings is 4. The minimum absolute atomic E-state index is 0. The van der Waals surface area contributed by atoms with E-state index in [-0.39, 0.29) is 83.8 Å². The van der Waals surface area contributed by atoms with Crippen LogP contribution < -0.4 is 37.3 Å². The van der Waals surface area contributed by atoms with E-state index in [0.29, 0.717) is 57.1 Å². The molecule has 6 rings (SSSR count). The number of hydrogen-bond donors (Lipinski definition) is 7. The Morgan fingerprint density at radius 3 is 1.32 bits per heavy atom. The van der Waals surface area contributed by atoms with E-state index in [4.69, 9.17) is 17.2 Å². The number of nitrogens with zero attached hydrogens (tertiary/aromatic N) is 1. The third-order valence-corrected chi connectivity index (χ3v) is 14.1. The monoisotopic (exact) mass is 894 g/mol. The molecular formula is C44H62N8O8S2. The molecule has 2 aliphatic carbocycles. The predicted molar refractivity (Wildman–Crippen MR) is 244 cm³/mol. The van der Waals surface area contributed by atoms with E-state index in [0.717, 1.165) is 17.2 Å². The van der Waals surface area contributed by atoms with Crippen LogP contribution in [-0.4, -0.2) is 45.7 Å². The highest BCUT2D eigenvalue weighted by atomic mass is 32.2. The average molecular weight is 895 g/mol. The highest BCUT2D eigenvalue weighted by molar-refractivity contribution is 7.89. The van der Waals surface area contributed by atoms with Crippen LogP contribution in [0.3, 0.4) is 0 Å². The van der Waals surface area contributed by atoms with Gasteiger partial charge in [0.15, 0.2) is 0 Å². The summed E-state index contributed by atoms with van der Waals surface area (Å²) in [6.07, 6.45) is 4.64. The number of nitrogen functional groups attached to an aromatic ring is 3. The number of rotatable bonds is 13. The van der Waals surface area contributed by atoms with E-state index >= 15 is 0 Å². The molecule has 0 aliphatic heterocycles. The van der Waals surface area contributed by atoms with Crippen molar-refractivity contribution >= 4 is 54.6 Å². The van der Waals surface area contributed by atoms with Gasteiger partial charge in [-0.15, -0.1) is 0 Å². The van der Waals surface area contributed by atoms with E-state index in [1.165, 1.54) is 30.3 Å². The molecule has 4 aromatic rings. The molecule has 2 fully saturated rings. The molecule has 16 nitrogen and oxygen atoms in total. The molecule has 0 bridgehead atoms. The summed E-state index contributed by atoms with van der Waals surface area (Å²) in [5.41, 5.74) is 19.0. The first-order chi connectivity index (χ1) is 28.4. The summed E-state index contributed by atoms with van der Waals surface area (Å²) in [6, 6.07) is 26.5. The highest BCUT2D eigenvalue weighted by Gasteiger charge is 2.32. The SMILES string of the molecule is C.C.C[C@@H](NC(=O)C1CCC(NS(=O)(=O)c2ccc(N)c(N)c2)CC1)c1ccccc1.C[C@@H](NC(=O)C1CCC(NS(=O)(=O)c2ccc(N)c([N+](=O)[O-])c2)CC1)c1ccccc1. The summed E-state index contributed by atoms with van der Waals surface area (Å²) < 4.78 is 55.8. The van der Waals surface area contributed by atoms with Crippen molar-refractivity contribution in [3.63, 3.8) is 0 Å². The molecule has 338 valence electrons. The molecule has 0 heterocycles. The topological polar surface area (TPSA) is 272 Å². The fourth-order valence-corrected chi connectivity index (χ4v) is 10.1. The Bertz CT molecular complexity index is 2340. The Morgan fingerprint density at radius 2 is 0.952 bits per heavy atom. The Balaban J connectivity index is 0.000000321. The van der Waals surface area contributed by atoms with Gasteiger partial charge in [-0.05, 0) is 107 Å². The van der Waals surface area contributed by atoms with Crippen molar-refractivity contribution in [2.24, 2.45) is 11.8 Å². The number of carbonyl (C=O) groups excluding carboxylic acids is 2. The van der Waals surface area contributed by atoms with Crippen LogP contribution in [0.2, 0.25) is 0 Å². The van der Waals surface area contributed by atoms with Crippen LogP contribution >= 0.6 is 0 Å². The highest BCUT2D eigenvalue weighted by Crippen LogP contribution is 2.30. The molecule has 0 unspecified atom stereocenters. The number of anilines is 3.